The van der Waals surface area contributed by atoms with E-state index in [9.17, 15) is 19.2 Å². The molecule has 1 aromatic rings. The van der Waals surface area contributed by atoms with Crippen LogP contribution in [0, 0.1) is 6.92 Å². The number of urea groups is 1. The molecule has 1 N–H and O–H groups in total. The first kappa shape index (κ1) is 17.4. The molecule has 0 aromatic heterocycles. The van der Waals surface area contributed by atoms with Crippen molar-refractivity contribution in [3.05, 3.63) is 28.8 Å². The Balaban J connectivity index is 1.69. The average molecular weight is 364 g/mol. The van der Waals surface area contributed by atoms with Crippen molar-refractivity contribution in [2.75, 3.05) is 11.9 Å². The van der Waals surface area contributed by atoms with Crippen molar-refractivity contribution in [3.63, 3.8) is 0 Å². The molecule has 2 fully saturated rings. The smallest absolute Gasteiger partial charge is 0.324 e. The van der Waals surface area contributed by atoms with E-state index in [0.717, 1.165) is 23.3 Å². The highest BCUT2D eigenvalue weighted by molar-refractivity contribution is 6.45. The van der Waals surface area contributed by atoms with Crippen LogP contribution in [0.5, 0.6) is 0 Å². The summed E-state index contributed by atoms with van der Waals surface area (Å²) in [5.74, 6) is -2.33. The number of amides is 5. The lowest BCUT2D eigenvalue weighted by atomic mass is 10.2. The van der Waals surface area contributed by atoms with Crippen molar-refractivity contribution in [1.82, 2.24) is 9.80 Å². The van der Waals surface area contributed by atoms with Crippen LogP contribution in [0.3, 0.4) is 0 Å². The predicted octanol–water partition coefficient (Wildman–Crippen LogP) is 2.32. The van der Waals surface area contributed by atoms with E-state index in [4.69, 9.17) is 11.6 Å². The molecule has 0 bridgehead atoms. The summed E-state index contributed by atoms with van der Waals surface area (Å²) in [7, 11) is 0. The van der Waals surface area contributed by atoms with Gasteiger partial charge in [-0.25, -0.2) is 9.69 Å². The predicted molar refractivity (Wildman–Crippen MR) is 91.0 cm³/mol. The molecule has 0 spiro atoms. The maximum absolute atomic E-state index is 12.4. The van der Waals surface area contributed by atoms with Crippen LogP contribution >= 0.6 is 11.6 Å². The lowest BCUT2D eigenvalue weighted by Crippen LogP contribution is -2.41. The Morgan fingerprint density at radius 3 is 2.52 bits per heavy atom. The number of nitrogens with zero attached hydrogens (tertiary/aromatic N) is 2. The zero-order valence-electron chi connectivity index (χ0n) is 13.8. The Labute approximate surface area is 149 Å². The number of nitrogens with one attached hydrogen (secondary N) is 1. The summed E-state index contributed by atoms with van der Waals surface area (Å²) in [5.41, 5.74) is 1.29. The Bertz CT molecular complexity index is 758. The molecule has 1 aliphatic carbocycles. The molecular formula is C17H18ClN3O4. The molecule has 3 rings (SSSR count). The van der Waals surface area contributed by atoms with Crippen LogP contribution < -0.4 is 5.32 Å². The quantitative estimate of drug-likeness (QED) is 0.657. The molecule has 0 radical (unpaired) electrons. The highest BCUT2D eigenvalue weighted by Gasteiger charge is 2.48. The summed E-state index contributed by atoms with van der Waals surface area (Å²) < 4.78 is 0. The number of anilines is 1. The summed E-state index contributed by atoms with van der Waals surface area (Å²) in [4.78, 5) is 50.6. The molecule has 1 heterocycles. The lowest BCUT2D eigenvalue weighted by molar-refractivity contribution is -0.144. The van der Waals surface area contributed by atoms with Crippen LogP contribution in [0.25, 0.3) is 0 Å². The molecule has 1 saturated heterocycles. The first-order valence-electron chi connectivity index (χ1n) is 8.13. The van der Waals surface area contributed by atoms with Gasteiger partial charge in [-0.1, -0.05) is 24.4 Å². The number of hydrogen-bond donors (Lipinski definition) is 1. The van der Waals surface area contributed by atoms with Gasteiger partial charge in [-0.15, -0.1) is 0 Å². The summed E-state index contributed by atoms with van der Waals surface area (Å²) in [5, 5.41) is 3.17. The van der Waals surface area contributed by atoms with E-state index in [1.165, 1.54) is 0 Å². The number of hydrogen-bond acceptors (Lipinski definition) is 4. The van der Waals surface area contributed by atoms with Gasteiger partial charge in [0, 0.05) is 16.8 Å². The first-order valence-corrected chi connectivity index (χ1v) is 8.51. The molecule has 0 atom stereocenters. The first-order chi connectivity index (χ1) is 11.9. The van der Waals surface area contributed by atoms with E-state index in [0.29, 0.717) is 28.5 Å². The van der Waals surface area contributed by atoms with Gasteiger partial charge in [-0.2, -0.15) is 0 Å². The largest absolute Gasteiger partial charge is 0.334 e. The molecule has 2 aliphatic rings. The van der Waals surface area contributed by atoms with Gasteiger partial charge in [-0.05, 0) is 43.5 Å². The van der Waals surface area contributed by atoms with Crippen molar-refractivity contribution in [3.8, 4) is 0 Å². The molecule has 1 saturated carbocycles. The topological polar surface area (TPSA) is 86.8 Å². The second-order valence-corrected chi connectivity index (χ2v) is 6.73. The van der Waals surface area contributed by atoms with Crippen molar-refractivity contribution in [2.24, 2.45) is 0 Å². The number of halogens is 1. The van der Waals surface area contributed by atoms with E-state index in [2.05, 4.69) is 5.32 Å². The highest BCUT2D eigenvalue weighted by atomic mass is 35.5. The average Bonchev–Trinajstić information content (AvgIpc) is 3.14. The molecule has 0 unspecified atom stereocenters. The minimum atomic E-state index is -0.945. The number of carbonyl (C=O) groups is 4. The lowest BCUT2D eigenvalue weighted by Gasteiger charge is -2.21. The number of benzene rings is 1. The van der Waals surface area contributed by atoms with Gasteiger partial charge in [0.2, 0.25) is 5.91 Å². The second-order valence-electron chi connectivity index (χ2n) is 6.29. The Hall–Kier alpha value is -2.41. The normalized spacial score (nSPS) is 18.4. The minimum absolute atomic E-state index is 0.240. The minimum Gasteiger partial charge on any atom is -0.324 e. The van der Waals surface area contributed by atoms with Crippen molar-refractivity contribution in [2.45, 2.75) is 38.6 Å². The highest BCUT2D eigenvalue weighted by Crippen LogP contribution is 2.27. The van der Waals surface area contributed by atoms with Crippen LogP contribution in [0.1, 0.15) is 31.2 Å². The van der Waals surface area contributed by atoms with Gasteiger partial charge in [0.25, 0.3) is 0 Å². The van der Waals surface area contributed by atoms with Gasteiger partial charge < -0.3 is 5.32 Å². The molecule has 1 aliphatic heterocycles. The molecule has 1 aromatic carbocycles. The van der Waals surface area contributed by atoms with Gasteiger partial charge in [0.1, 0.15) is 6.54 Å². The van der Waals surface area contributed by atoms with E-state index < -0.39 is 30.3 Å². The van der Waals surface area contributed by atoms with Crippen molar-refractivity contribution < 1.29 is 19.2 Å². The Morgan fingerprint density at radius 1 is 1.20 bits per heavy atom. The maximum atomic E-state index is 12.4. The van der Waals surface area contributed by atoms with E-state index in [1.807, 2.05) is 0 Å². The molecule has 25 heavy (non-hydrogen) atoms. The maximum Gasteiger partial charge on any atom is 0.334 e. The van der Waals surface area contributed by atoms with Crippen LogP contribution in [0.4, 0.5) is 10.5 Å². The number of carbonyl (C=O) groups excluding carboxylic acids is 4. The monoisotopic (exact) mass is 363 g/mol. The number of rotatable bonds is 4. The van der Waals surface area contributed by atoms with Crippen LogP contribution in [-0.2, 0) is 14.4 Å². The van der Waals surface area contributed by atoms with E-state index in [-0.39, 0.29) is 6.04 Å². The van der Waals surface area contributed by atoms with E-state index in [1.54, 1.807) is 25.1 Å². The van der Waals surface area contributed by atoms with Gasteiger partial charge in [0.15, 0.2) is 0 Å². The second kappa shape index (κ2) is 6.84. The van der Waals surface area contributed by atoms with Crippen molar-refractivity contribution >= 4 is 41.0 Å². The van der Waals surface area contributed by atoms with Crippen molar-refractivity contribution in [1.29, 1.82) is 0 Å². The van der Waals surface area contributed by atoms with Gasteiger partial charge in [-0.3, -0.25) is 19.3 Å². The Morgan fingerprint density at radius 2 is 1.88 bits per heavy atom. The van der Waals surface area contributed by atoms with Gasteiger partial charge in [0.05, 0.1) is 0 Å². The SMILES string of the molecule is Cc1cc(Cl)ccc1NC(=O)CN1C(=O)C(=O)N(C2CCCC2)C1=O. The molecular weight excluding hydrogens is 346 g/mol. The number of imide groups is 2. The van der Waals surface area contributed by atoms with Gasteiger partial charge >= 0.3 is 17.8 Å². The summed E-state index contributed by atoms with van der Waals surface area (Å²) >= 11 is 5.87. The van der Waals surface area contributed by atoms with E-state index >= 15 is 0 Å². The summed E-state index contributed by atoms with van der Waals surface area (Å²) in [6.45, 7) is 1.29. The molecule has 5 amide bonds. The van der Waals surface area contributed by atoms with Crippen LogP contribution in [-0.4, -0.2) is 46.1 Å². The molecule has 132 valence electrons. The fraction of sp³-hybridized carbons (Fsp3) is 0.412. The zero-order valence-corrected chi connectivity index (χ0v) is 14.5. The molecule has 8 heteroatoms. The fourth-order valence-corrected chi connectivity index (χ4v) is 3.47. The summed E-state index contributed by atoms with van der Waals surface area (Å²) in [6, 6.07) is 4.01. The zero-order chi connectivity index (χ0) is 18.1. The molecule has 7 nitrogen and oxygen atoms in total. The third-order valence-corrected chi connectivity index (χ3v) is 4.77. The van der Waals surface area contributed by atoms with Crippen LogP contribution in [0.2, 0.25) is 5.02 Å². The third-order valence-electron chi connectivity index (χ3n) is 4.54. The van der Waals surface area contributed by atoms with Crippen LogP contribution in [0.15, 0.2) is 18.2 Å². The third kappa shape index (κ3) is 3.37. The standard InChI is InChI=1S/C17H18ClN3O4/c1-10-8-11(18)6-7-13(10)19-14(22)9-20-15(23)16(24)21(17(20)25)12-4-2-3-5-12/h6-8,12H,2-5,9H2,1H3,(H,19,22). The number of aryl methyl sites for hydroxylation is 1. The summed E-state index contributed by atoms with van der Waals surface area (Å²) in [6.07, 6.45) is 3.25. The fourth-order valence-electron chi connectivity index (χ4n) is 3.25. The Kier molecular flexibility index (Phi) is 4.76.